The van der Waals surface area contributed by atoms with Crippen LogP contribution in [0.3, 0.4) is 0 Å². The summed E-state index contributed by atoms with van der Waals surface area (Å²) in [7, 11) is 0. The van der Waals surface area contributed by atoms with Gasteiger partial charge in [-0.15, -0.1) is 24.8 Å². The molecule has 0 saturated carbocycles. The third-order valence-electron chi connectivity index (χ3n) is 2.18. The Labute approximate surface area is 111 Å². The number of benzene rings is 1. The van der Waals surface area contributed by atoms with Crippen LogP contribution in [-0.4, -0.2) is 4.98 Å². The first kappa shape index (κ1) is 15.3. The predicted molar refractivity (Wildman–Crippen MR) is 73.6 cm³/mol. The highest BCUT2D eigenvalue weighted by Crippen LogP contribution is 2.26. The van der Waals surface area contributed by atoms with Crippen molar-refractivity contribution in [2.75, 3.05) is 5.73 Å². The molecule has 4 N–H and O–H groups in total. The number of aromatic nitrogens is 1. The lowest BCUT2D eigenvalue weighted by atomic mass is 10.1. The Bertz CT molecular complexity index is 488. The molecule has 0 saturated heterocycles. The second-order valence-electron chi connectivity index (χ2n) is 3.07. The maximum Gasteiger partial charge on any atom is 0.131 e. The summed E-state index contributed by atoms with van der Waals surface area (Å²) < 4.78 is 0. The number of hydrogen-bond donors (Lipinski definition) is 2. The van der Waals surface area contributed by atoms with E-state index in [1.165, 1.54) is 0 Å². The highest BCUT2D eigenvalue weighted by molar-refractivity contribution is 6.32. The molecule has 0 bridgehead atoms. The lowest BCUT2D eigenvalue weighted by Crippen LogP contribution is -1.98. The third-order valence-corrected chi connectivity index (χ3v) is 2.53. The van der Waals surface area contributed by atoms with Crippen molar-refractivity contribution in [1.82, 2.24) is 4.98 Å². The van der Waals surface area contributed by atoms with E-state index in [0.29, 0.717) is 17.4 Å². The Morgan fingerprint density at radius 3 is 2.56 bits per heavy atom. The number of anilines is 1. The lowest BCUT2D eigenvalue weighted by molar-refractivity contribution is 1.08. The van der Waals surface area contributed by atoms with Gasteiger partial charge in [-0.3, -0.25) is 0 Å². The molecule has 2 aromatic rings. The molecule has 1 heterocycles. The van der Waals surface area contributed by atoms with Crippen LogP contribution in [0.25, 0.3) is 10.8 Å². The van der Waals surface area contributed by atoms with Crippen molar-refractivity contribution < 1.29 is 0 Å². The molecule has 0 amide bonds. The number of rotatable bonds is 1. The summed E-state index contributed by atoms with van der Waals surface area (Å²) in [4.78, 5) is 4.01. The van der Waals surface area contributed by atoms with E-state index in [0.717, 1.165) is 16.3 Å². The van der Waals surface area contributed by atoms with Crippen LogP contribution in [0.2, 0.25) is 5.02 Å². The van der Waals surface area contributed by atoms with Gasteiger partial charge in [0.15, 0.2) is 0 Å². The molecule has 0 atom stereocenters. The van der Waals surface area contributed by atoms with Gasteiger partial charge >= 0.3 is 0 Å². The zero-order valence-corrected chi connectivity index (χ0v) is 10.7. The molecule has 1 aromatic heterocycles. The lowest BCUT2D eigenvalue weighted by Gasteiger charge is -2.05. The molecular formula is C10H12Cl3N3. The predicted octanol–water partition coefficient (Wildman–Crippen LogP) is 2.77. The summed E-state index contributed by atoms with van der Waals surface area (Å²) in [5.41, 5.74) is 12.2. The van der Waals surface area contributed by atoms with E-state index in [2.05, 4.69) is 4.98 Å². The average molecular weight is 281 g/mol. The SMILES string of the molecule is Cl.Cl.NCc1cc2c(N)nccc2cc1Cl. The molecule has 0 radical (unpaired) electrons. The molecule has 3 nitrogen and oxygen atoms in total. The normalized spacial score (nSPS) is 9.38. The molecule has 6 heteroatoms. The van der Waals surface area contributed by atoms with Gasteiger partial charge in [-0.05, 0) is 29.1 Å². The second kappa shape index (κ2) is 6.11. The minimum absolute atomic E-state index is 0. The van der Waals surface area contributed by atoms with Crippen molar-refractivity contribution in [1.29, 1.82) is 0 Å². The van der Waals surface area contributed by atoms with Crippen LogP contribution in [0.1, 0.15) is 5.56 Å². The molecule has 0 aliphatic heterocycles. The number of nitrogens with zero attached hydrogens (tertiary/aromatic N) is 1. The van der Waals surface area contributed by atoms with Crippen LogP contribution in [0.4, 0.5) is 5.82 Å². The van der Waals surface area contributed by atoms with Gasteiger partial charge in [0.1, 0.15) is 5.82 Å². The van der Waals surface area contributed by atoms with Crippen molar-refractivity contribution in [3.63, 3.8) is 0 Å². The third kappa shape index (κ3) is 2.68. The first-order chi connectivity index (χ1) is 6.72. The van der Waals surface area contributed by atoms with Crippen LogP contribution < -0.4 is 11.5 Å². The van der Waals surface area contributed by atoms with Crippen LogP contribution >= 0.6 is 36.4 Å². The largest absolute Gasteiger partial charge is 0.383 e. The monoisotopic (exact) mass is 279 g/mol. The first-order valence-electron chi connectivity index (χ1n) is 4.25. The van der Waals surface area contributed by atoms with E-state index in [1.54, 1.807) is 6.20 Å². The van der Waals surface area contributed by atoms with E-state index >= 15 is 0 Å². The van der Waals surface area contributed by atoms with Gasteiger partial charge in [0, 0.05) is 23.2 Å². The van der Waals surface area contributed by atoms with Crippen LogP contribution in [0.5, 0.6) is 0 Å². The summed E-state index contributed by atoms with van der Waals surface area (Å²) in [5.74, 6) is 0.508. The van der Waals surface area contributed by atoms with Crippen molar-refractivity contribution in [2.24, 2.45) is 5.73 Å². The number of hydrogen-bond acceptors (Lipinski definition) is 3. The van der Waals surface area contributed by atoms with Gasteiger partial charge in [0.2, 0.25) is 0 Å². The van der Waals surface area contributed by atoms with Crippen LogP contribution in [-0.2, 0) is 6.54 Å². The molecule has 2 rings (SSSR count). The van der Waals surface area contributed by atoms with Gasteiger partial charge < -0.3 is 11.5 Å². The number of nitrogens with two attached hydrogens (primary N) is 2. The molecule has 0 spiro atoms. The fourth-order valence-electron chi connectivity index (χ4n) is 1.42. The highest BCUT2D eigenvalue weighted by Gasteiger charge is 2.04. The highest BCUT2D eigenvalue weighted by atomic mass is 35.5. The van der Waals surface area contributed by atoms with E-state index in [4.69, 9.17) is 23.1 Å². The smallest absolute Gasteiger partial charge is 0.131 e. The van der Waals surface area contributed by atoms with Crippen LogP contribution in [0, 0.1) is 0 Å². The van der Waals surface area contributed by atoms with Crippen molar-refractivity contribution in [3.8, 4) is 0 Å². The van der Waals surface area contributed by atoms with Gasteiger partial charge in [0.05, 0.1) is 0 Å². The fourth-order valence-corrected chi connectivity index (χ4v) is 1.67. The summed E-state index contributed by atoms with van der Waals surface area (Å²) in [5, 5.41) is 2.56. The quantitative estimate of drug-likeness (QED) is 0.844. The minimum atomic E-state index is 0. The van der Waals surface area contributed by atoms with Gasteiger partial charge in [-0.2, -0.15) is 0 Å². The minimum Gasteiger partial charge on any atom is -0.383 e. The van der Waals surface area contributed by atoms with Crippen LogP contribution in [0.15, 0.2) is 24.4 Å². The molecule has 16 heavy (non-hydrogen) atoms. The number of nitrogen functional groups attached to an aromatic ring is 1. The Morgan fingerprint density at radius 2 is 1.94 bits per heavy atom. The molecule has 0 aliphatic rings. The summed E-state index contributed by atoms with van der Waals surface area (Å²) in [6.07, 6.45) is 1.66. The topological polar surface area (TPSA) is 64.9 Å². The average Bonchev–Trinajstić information content (AvgIpc) is 2.17. The Morgan fingerprint density at radius 1 is 1.25 bits per heavy atom. The Kier molecular flexibility index (Phi) is 5.83. The molecule has 0 fully saturated rings. The summed E-state index contributed by atoms with van der Waals surface area (Å²) >= 11 is 6.01. The molecule has 0 unspecified atom stereocenters. The first-order valence-corrected chi connectivity index (χ1v) is 4.63. The van der Waals surface area contributed by atoms with Crippen molar-refractivity contribution in [3.05, 3.63) is 35.0 Å². The van der Waals surface area contributed by atoms with Crippen molar-refractivity contribution >= 4 is 53.0 Å². The molecule has 1 aromatic carbocycles. The van der Waals surface area contributed by atoms with E-state index in [-0.39, 0.29) is 24.8 Å². The Hall–Kier alpha value is -0.740. The van der Waals surface area contributed by atoms with Crippen molar-refractivity contribution in [2.45, 2.75) is 6.54 Å². The standard InChI is InChI=1S/C10H10ClN3.2ClH/c11-9-4-6-1-2-14-10(13)8(6)3-7(9)5-12;;/h1-4H,5,12H2,(H2,13,14);2*1H. The van der Waals surface area contributed by atoms with E-state index in [1.807, 2.05) is 18.2 Å². The zero-order chi connectivity index (χ0) is 10.1. The summed E-state index contributed by atoms with van der Waals surface area (Å²) in [6.45, 7) is 0.406. The maximum atomic E-state index is 6.01. The Balaban J connectivity index is 0.00000112. The molecule has 0 aliphatic carbocycles. The molecule has 88 valence electrons. The van der Waals surface area contributed by atoms with Gasteiger partial charge in [0.25, 0.3) is 0 Å². The number of halogens is 3. The van der Waals surface area contributed by atoms with E-state index in [9.17, 15) is 0 Å². The molecular weight excluding hydrogens is 268 g/mol. The maximum absolute atomic E-state index is 6.01. The van der Waals surface area contributed by atoms with Gasteiger partial charge in [-0.25, -0.2) is 4.98 Å². The number of pyridine rings is 1. The summed E-state index contributed by atoms with van der Waals surface area (Å²) in [6, 6.07) is 5.62. The van der Waals surface area contributed by atoms with Gasteiger partial charge in [-0.1, -0.05) is 11.6 Å². The number of fused-ring (bicyclic) bond motifs is 1. The fraction of sp³-hybridized carbons (Fsp3) is 0.100. The second-order valence-corrected chi connectivity index (χ2v) is 3.47. The zero-order valence-electron chi connectivity index (χ0n) is 8.31. The van der Waals surface area contributed by atoms with E-state index < -0.39 is 0 Å².